The second-order valence-corrected chi connectivity index (χ2v) is 6.82. The number of halogens is 1. The first-order chi connectivity index (χ1) is 13.6. The third kappa shape index (κ3) is 4.02. The largest absolute Gasteiger partial charge is 0.454 e. The molecule has 1 amide bonds. The number of carbonyl (C=O) groups is 1. The van der Waals surface area contributed by atoms with E-state index in [1.807, 2.05) is 25.1 Å². The van der Waals surface area contributed by atoms with Crippen molar-refractivity contribution in [1.82, 2.24) is 4.98 Å². The molecule has 0 saturated carbocycles. The quantitative estimate of drug-likeness (QED) is 0.658. The molecule has 1 aliphatic heterocycles. The number of nitrogens with one attached hydrogen (secondary N) is 2. The molecule has 1 aromatic heterocycles. The Morgan fingerprint density at radius 1 is 1.11 bits per heavy atom. The number of fused-ring (bicyclic) bond motifs is 1. The summed E-state index contributed by atoms with van der Waals surface area (Å²) in [6, 6.07) is 14.6. The molecule has 1 aliphatic rings. The number of pyridine rings is 1. The Kier molecular flexibility index (Phi) is 5.04. The minimum absolute atomic E-state index is 0.222. The standard InChI is InChI=1S/C21H18ClN3O3/c1-13-8-16(22)4-5-17(13)25-21(26)15-3-7-20(24-11-15)23-10-14-2-6-18-19(9-14)28-12-27-18/h2-9,11H,10,12H2,1H3,(H,23,24)(H,25,26). The zero-order valence-electron chi connectivity index (χ0n) is 15.2. The van der Waals surface area contributed by atoms with Gasteiger partial charge in [0.25, 0.3) is 5.91 Å². The van der Waals surface area contributed by atoms with E-state index < -0.39 is 0 Å². The number of hydrogen-bond donors (Lipinski definition) is 2. The van der Waals surface area contributed by atoms with Gasteiger partial charge in [-0.25, -0.2) is 4.98 Å². The lowest BCUT2D eigenvalue weighted by Gasteiger charge is -2.10. The van der Waals surface area contributed by atoms with E-state index in [0.29, 0.717) is 22.9 Å². The molecule has 0 unspecified atom stereocenters. The highest BCUT2D eigenvalue weighted by Gasteiger charge is 2.13. The Labute approximate surface area is 167 Å². The van der Waals surface area contributed by atoms with E-state index in [1.165, 1.54) is 0 Å². The predicted octanol–water partition coefficient (Wildman–Crippen LogP) is 4.64. The SMILES string of the molecule is Cc1cc(Cl)ccc1NC(=O)c1ccc(NCc2ccc3c(c2)OCO3)nc1. The first kappa shape index (κ1) is 18.1. The number of carbonyl (C=O) groups excluding carboxylic acids is 1. The number of nitrogens with zero attached hydrogens (tertiary/aromatic N) is 1. The average molecular weight is 396 g/mol. The molecule has 0 bridgehead atoms. The summed E-state index contributed by atoms with van der Waals surface area (Å²) < 4.78 is 10.7. The minimum atomic E-state index is -0.222. The van der Waals surface area contributed by atoms with E-state index in [0.717, 1.165) is 28.3 Å². The predicted molar refractivity (Wildman–Crippen MR) is 108 cm³/mol. The van der Waals surface area contributed by atoms with E-state index in [2.05, 4.69) is 15.6 Å². The summed E-state index contributed by atoms with van der Waals surface area (Å²) >= 11 is 5.95. The van der Waals surface area contributed by atoms with Crippen LogP contribution in [0.15, 0.2) is 54.7 Å². The molecule has 0 saturated heterocycles. The summed E-state index contributed by atoms with van der Waals surface area (Å²) in [6.07, 6.45) is 1.54. The van der Waals surface area contributed by atoms with Crippen molar-refractivity contribution in [2.24, 2.45) is 0 Å². The van der Waals surface area contributed by atoms with Crippen molar-refractivity contribution in [1.29, 1.82) is 0 Å². The van der Waals surface area contributed by atoms with Gasteiger partial charge in [-0.1, -0.05) is 17.7 Å². The molecular formula is C21H18ClN3O3. The zero-order chi connectivity index (χ0) is 19.5. The maximum Gasteiger partial charge on any atom is 0.257 e. The van der Waals surface area contributed by atoms with Crippen LogP contribution < -0.4 is 20.1 Å². The van der Waals surface area contributed by atoms with Crippen LogP contribution in [0.2, 0.25) is 5.02 Å². The summed E-state index contributed by atoms with van der Waals surface area (Å²) in [6.45, 7) is 2.73. The van der Waals surface area contributed by atoms with Crippen molar-refractivity contribution in [2.45, 2.75) is 13.5 Å². The Morgan fingerprint density at radius 2 is 1.96 bits per heavy atom. The van der Waals surface area contributed by atoms with Crippen molar-refractivity contribution < 1.29 is 14.3 Å². The smallest absolute Gasteiger partial charge is 0.257 e. The Hall–Kier alpha value is -3.25. The number of benzene rings is 2. The molecule has 0 atom stereocenters. The summed E-state index contributed by atoms with van der Waals surface area (Å²) in [5.74, 6) is 1.96. The normalized spacial score (nSPS) is 11.9. The highest BCUT2D eigenvalue weighted by molar-refractivity contribution is 6.30. The Bertz CT molecular complexity index is 1020. The second-order valence-electron chi connectivity index (χ2n) is 6.39. The van der Waals surface area contributed by atoms with Gasteiger partial charge in [-0.15, -0.1) is 0 Å². The third-order valence-electron chi connectivity index (χ3n) is 4.37. The molecule has 0 radical (unpaired) electrons. The molecule has 4 rings (SSSR count). The first-order valence-corrected chi connectivity index (χ1v) is 9.12. The number of aryl methyl sites for hydroxylation is 1. The van der Waals surface area contributed by atoms with Crippen molar-refractivity contribution in [2.75, 3.05) is 17.4 Å². The molecule has 7 heteroatoms. The van der Waals surface area contributed by atoms with Crippen molar-refractivity contribution in [3.63, 3.8) is 0 Å². The van der Waals surface area contributed by atoms with Crippen molar-refractivity contribution in [3.05, 3.63) is 76.4 Å². The molecule has 6 nitrogen and oxygen atoms in total. The van der Waals surface area contributed by atoms with E-state index in [4.69, 9.17) is 21.1 Å². The highest BCUT2D eigenvalue weighted by Crippen LogP contribution is 2.32. The van der Waals surface area contributed by atoms with E-state index in [1.54, 1.807) is 36.5 Å². The van der Waals surface area contributed by atoms with Crippen LogP contribution in [0.25, 0.3) is 0 Å². The number of rotatable bonds is 5. The van der Waals surface area contributed by atoms with Gasteiger partial charge >= 0.3 is 0 Å². The van der Waals surface area contributed by atoms with Gasteiger partial charge in [0.2, 0.25) is 6.79 Å². The number of hydrogen-bond acceptors (Lipinski definition) is 5. The van der Waals surface area contributed by atoms with Crippen molar-refractivity contribution in [3.8, 4) is 11.5 Å². The summed E-state index contributed by atoms with van der Waals surface area (Å²) in [7, 11) is 0. The first-order valence-electron chi connectivity index (χ1n) is 8.74. The average Bonchev–Trinajstić information content (AvgIpc) is 3.17. The van der Waals surface area contributed by atoms with Crippen LogP contribution in [0.4, 0.5) is 11.5 Å². The van der Waals surface area contributed by atoms with Crippen LogP contribution in [0.5, 0.6) is 11.5 Å². The van der Waals surface area contributed by atoms with Crippen LogP contribution in [0.3, 0.4) is 0 Å². The number of amides is 1. The van der Waals surface area contributed by atoms with Crippen LogP contribution in [-0.2, 0) is 6.54 Å². The van der Waals surface area contributed by atoms with E-state index >= 15 is 0 Å². The van der Waals surface area contributed by atoms with E-state index in [-0.39, 0.29) is 12.7 Å². The van der Waals surface area contributed by atoms with Gasteiger partial charge in [0.05, 0.1) is 5.56 Å². The monoisotopic (exact) mass is 395 g/mol. The van der Waals surface area contributed by atoms with Gasteiger partial charge in [0, 0.05) is 23.5 Å². The fourth-order valence-corrected chi connectivity index (χ4v) is 3.06. The lowest BCUT2D eigenvalue weighted by Crippen LogP contribution is -2.13. The van der Waals surface area contributed by atoms with Crippen LogP contribution in [0, 0.1) is 6.92 Å². The second kappa shape index (κ2) is 7.78. The molecule has 0 aliphatic carbocycles. The van der Waals surface area contributed by atoms with Crippen molar-refractivity contribution >= 4 is 29.0 Å². The molecule has 2 aromatic carbocycles. The summed E-state index contributed by atoms with van der Waals surface area (Å²) in [4.78, 5) is 16.7. The molecule has 28 heavy (non-hydrogen) atoms. The maximum atomic E-state index is 12.4. The zero-order valence-corrected chi connectivity index (χ0v) is 15.9. The lowest BCUT2D eigenvalue weighted by atomic mass is 10.2. The third-order valence-corrected chi connectivity index (χ3v) is 4.61. The molecule has 2 N–H and O–H groups in total. The maximum absolute atomic E-state index is 12.4. The molecule has 0 fully saturated rings. The summed E-state index contributed by atoms with van der Waals surface area (Å²) in [5, 5.41) is 6.73. The molecule has 0 spiro atoms. The van der Waals surface area contributed by atoms with Crippen LogP contribution >= 0.6 is 11.6 Å². The minimum Gasteiger partial charge on any atom is -0.454 e. The van der Waals surface area contributed by atoms with Gasteiger partial charge < -0.3 is 20.1 Å². The van der Waals surface area contributed by atoms with Gasteiger partial charge in [0.1, 0.15) is 5.82 Å². The fourth-order valence-electron chi connectivity index (χ4n) is 2.84. The molecular weight excluding hydrogens is 378 g/mol. The topological polar surface area (TPSA) is 72.5 Å². The van der Waals surface area contributed by atoms with Crippen LogP contribution in [-0.4, -0.2) is 17.7 Å². The highest BCUT2D eigenvalue weighted by atomic mass is 35.5. The number of aromatic nitrogens is 1. The summed E-state index contributed by atoms with van der Waals surface area (Å²) in [5.41, 5.74) is 3.14. The van der Waals surface area contributed by atoms with Gasteiger partial charge in [-0.05, 0) is 60.5 Å². The Morgan fingerprint density at radius 3 is 2.75 bits per heavy atom. The van der Waals surface area contributed by atoms with Gasteiger partial charge in [0.15, 0.2) is 11.5 Å². The van der Waals surface area contributed by atoms with Crippen LogP contribution in [0.1, 0.15) is 21.5 Å². The molecule has 142 valence electrons. The number of anilines is 2. The number of ether oxygens (including phenoxy) is 2. The molecule has 3 aromatic rings. The Balaban J connectivity index is 1.37. The van der Waals surface area contributed by atoms with Gasteiger partial charge in [-0.2, -0.15) is 0 Å². The fraction of sp³-hybridized carbons (Fsp3) is 0.143. The van der Waals surface area contributed by atoms with Gasteiger partial charge in [-0.3, -0.25) is 4.79 Å². The lowest BCUT2D eigenvalue weighted by molar-refractivity contribution is 0.102. The molecule has 2 heterocycles. The van der Waals surface area contributed by atoms with E-state index in [9.17, 15) is 4.79 Å².